The Morgan fingerprint density at radius 2 is 0.883 bits per heavy atom. The van der Waals surface area contributed by atoms with Crippen LogP contribution in [0.1, 0.15) is 207 Å². The molecule has 0 aromatic heterocycles. The fourth-order valence-electron chi connectivity index (χ4n) is 7.03. The van der Waals surface area contributed by atoms with Crippen molar-refractivity contribution in [1.82, 2.24) is 20.9 Å². The van der Waals surface area contributed by atoms with Crippen LogP contribution >= 0.6 is 0 Å². The minimum atomic E-state index is -0.458. The van der Waals surface area contributed by atoms with Gasteiger partial charge in [-0.15, -0.1) is 0 Å². The van der Waals surface area contributed by atoms with Gasteiger partial charge in [-0.05, 0) is 71.1 Å². The zero-order valence-electron chi connectivity index (χ0n) is 39.7. The minimum absolute atomic E-state index is 0.0254. The van der Waals surface area contributed by atoms with Gasteiger partial charge < -0.3 is 30.2 Å². The smallest absolute Gasteiger partial charge is 0.407 e. The maximum atomic E-state index is 12.6. The van der Waals surface area contributed by atoms with E-state index in [2.05, 4.69) is 59.0 Å². The van der Waals surface area contributed by atoms with Crippen LogP contribution < -0.4 is 16.0 Å². The van der Waals surface area contributed by atoms with Crippen LogP contribution in [0.5, 0.6) is 0 Å². The van der Waals surface area contributed by atoms with Crippen molar-refractivity contribution in [1.29, 1.82) is 0 Å². The molecule has 0 rings (SSSR count). The number of unbranched alkanes of at least 4 members (excludes halogenated alkanes) is 22. The summed E-state index contributed by atoms with van der Waals surface area (Å²) in [4.78, 5) is 39.6. The molecule has 10 heteroatoms. The van der Waals surface area contributed by atoms with Gasteiger partial charge in [0.1, 0.15) is 0 Å². The Morgan fingerprint density at radius 1 is 0.500 bits per heavy atom. The molecule has 1 unspecified atom stereocenters. The van der Waals surface area contributed by atoms with Crippen LogP contribution in [-0.4, -0.2) is 95.1 Å². The number of rotatable bonds is 46. The first-order valence-corrected chi connectivity index (χ1v) is 25.0. The fourth-order valence-corrected chi connectivity index (χ4v) is 7.03. The summed E-state index contributed by atoms with van der Waals surface area (Å²) in [5, 5.41) is 8.99. The number of ether oxygens (including phenoxy) is 3. The van der Waals surface area contributed by atoms with Crippen LogP contribution in [0.25, 0.3) is 0 Å². The van der Waals surface area contributed by atoms with Crippen LogP contribution in [0, 0.1) is 0 Å². The van der Waals surface area contributed by atoms with E-state index in [1.807, 2.05) is 6.92 Å². The minimum Gasteiger partial charge on any atom is -0.449 e. The van der Waals surface area contributed by atoms with E-state index in [9.17, 15) is 14.4 Å². The first-order valence-electron chi connectivity index (χ1n) is 25.0. The van der Waals surface area contributed by atoms with E-state index in [1.54, 1.807) is 7.11 Å². The van der Waals surface area contributed by atoms with Gasteiger partial charge >= 0.3 is 6.09 Å². The Bertz CT molecular complexity index is 951. The van der Waals surface area contributed by atoms with Gasteiger partial charge in [0.2, 0.25) is 11.8 Å². The summed E-state index contributed by atoms with van der Waals surface area (Å²) in [6, 6.07) is 0. The number of allylic oxidation sites excluding steroid dienone is 4. The normalized spacial score (nSPS) is 12.2. The molecule has 0 bridgehead atoms. The topological polar surface area (TPSA) is 118 Å². The molecule has 0 aromatic carbocycles. The lowest BCUT2D eigenvalue weighted by atomic mass is 10.1. The molecule has 0 spiro atoms. The third kappa shape index (κ3) is 45.1. The third-order valence-corrected chi connectivity index (χ3v) is 11.0. The van der Waals surface area contributed by atoms with Crippen LogP contribution in [0.3, 0.4) is 0 Å². The number of carbonyl (C=O) groups is 3. The number of hydrogen-bond donors (Lipinski definition) is 3. The predicted octanol–water partition coefficient (Wildman–Crippen LogP) is 11.8. The molecule has 0 fully saturated rings. The van der Waals surface area contributed by atoms with Crippen molar-refractivity contribution in [3.63, 3.8) is 0 Å². The first-order chi connectivity index (χ1) is 29.4. The van der Waals surface area contributed by atoms with Crippen molar-refractivity contribution in [2.45, 2.75) is 213 Å². The fraction of sp³-hybridized carbons (Fsp3) is 0.860. The van der Waals surface area contributed by atoms with Crippen molar-refractivity contribution in [2.75, 3.05) is 66.2 Å². The zero-order valence-corrected chi connectivity index (χ0v) is 39.7. The van der Waals surface area contributed by atoms with Gasteiger partial charge in [0.15, 0.2) is 0 Å². The van der Waals surface area contributed by atoms with Crippen LogP contribution in [0.15, 0.2) is 24.3 Å². The van der Waals surface area contributed by atoms with E-state index in [-0.39, 0.29) is 24.5 Å². The Labute approximate surface area is 369 Å². The summed E-state index contributed by atoms with van der Waals surface area (Å²) in [5.41, 5.74) is 0. The summed E-state index contributed by atoms with van der Waals surface area (Å²) in [5.74, 6) is 0.172. The van der Waals surface area contributed by atoms with Crippen molar-refractivity contribution in [2.24, 2.45) is 0 Å². The second-order valence-electron chi connectivity index (χ2n) is 16.7. The lowest BCUT2D eigenvalue weighted by Crippen LogP contribution is -2.43. The number of nitrogens with one attached hydrogen (secondary N) is 3. The molecule has 3 N–H and O–H groups in total. The largest absolute Gasteiger partial charge is 0.449 e. The average Bonchev–Trinajstić information content (AvgIpc) is 3.23. The maximum absolute atomic E-state index is 12.6. The molecule has 352 valence electrons. The Kier molecular flexibility index (Phi) is 45.7. The molecule has 0 heterocycles. The summed E-state index contributed by atoms with van der Waals surface area (Å²) in [6.45, 7) is 11.1. The highest BCUT2D eigenvalue weighted by Gasteiger charge is 2.11. The molecule has 0 aliphatic carbocycles. The standard InChI is InChI=1S/C50H96N4O6/c1-5-7-9-11-13-15-17-19-21-23-25-27-29-31-33-35-48(55)51-38-41-54(43-40-53-50(57)60-44-37-47(3)59-46-45-58-4)42-39-52-49(56)36-34-32-30-28-26-24-22-20-18-16-14-12-10-8-6-2/h19-22,47H,5-18,23-46H2,1-4H3,(H,51,55)(H,52,56)(H,53,57)/b21-19-,22-20-. The van der Waals surface area contributed by atoms with Crippen molar-refractivity contribution in [3.05, 3.63) is 24.3 Å². The van der Waals surface area contributed by atoms with Crippen LogP contribution in [-0.2, 0) is 23.8 Å². The molecule has 0 saturated heterocycles. The summed E-state index contributed by atoms with van der Waals surface area (Å²) < 4.78 is 16.0. The highest BCUT2D eigenvalue weighted by Crippen LogP contribution is 2.12. The van der Waals surface area contributed by atoms with Gasteiger partial charge in [0.05, 0.1) is 25.9 Å². The number of nitrogens with zero attached hydrogens (tertiary/aromatic N) is 1. The van der Waals surface area contributed by atoms with E-state index >= 15 is 0 Å². The summed E-state index contributed by atoms with van der Waals surface area (Å²) in [7, 11) is 1.64. The first kappa shape index (κ1) is 57.6. The second-order valence-corrected chi connectivity index (χ2v) is 16.7. The second kappa shape index (κ2) is 47.6. The van der Waals surface area contributed by atoms with Gasteiger partial charge in [-0.2, -0.15) is 0 Å². The SMILES string of the molecule is CCCCCCCC/C=C\CCCCCCCC(=O)NCCN(CCNC(=O)CCCCCCC/C=C\CCCCCCCC)CCNC(=O)OCCC(C)OCCOC. The van der Waals surface area contributed by atoms with Gasteiger partial charge in [0.25, 0.3) is 0 Å². The van der Waals surface area contributed by atoms with E-state index in [0.29, 0.717) is 71.7 Å². The van der Waals surface area contributed by atoms with Crippen molar-refractivity contribution < 1.29 is 28.6 Å². The highest BCUT2D eigenvalue weighted by atomic mass is 16.6. The monoisotopic (exact) mass is 849 g/mol. The average molecular weight is 849 g/mol. The van der Waals surface area contributed by atoms with Gasteiger partial charge in [-0.25, -0.2) is 4.79 Å². The molecule has 10 nitrogen and oxygen atoms in total. The van der Waals surface area contributed by atoms with E-state index < -0.39 is 6.09 Å². The lowest BCUT2D eigenvalue weighted by Gasteiger charge is -2.23. The van der Waals surface area contributed by atoms with Gasteiger partial charge in [-0.3, -0.25) is 14.5 Å². The van der Waals surface area contributed by atoms with Crippen LogP contribution in [0.2, 0.25) is 0 Å². The van der Waals surface area contributed by atoms with Gasteiger partial charge in [-0.1, -0.05) is 141 Å². The summed E-state index contributed by atoms with van der Waals surface area (Å²) >= 11 is 0. The van der Waals surface area contributed by atoms with Crippen molar-refractivity contribution in [3.8, 4) is 0 Å². The molecule has 0 aliphatic heterocycles. The number of hydrogen-bond acceptors (Lipinski definition) is 7. The molecule has 0 aliphatic rings. The molecule has 1 atom stereocenters. The molecular weight excluding hydrogens is 753 g/mol. The molecular formula is C50H96N4O6. The van der Waals surface area contributed by atoms with Crippen LogP contribution in [0.4, 0.5) is 4.79 Å². The highest BCUT2D eigenvalue weighted by molar-refractivity contribution is 5.76. The number of methoxy groups -OCH3 is 1. The quantitative estimate of drug-likeness (QED) is 0.0412. The molecule has 60 heavy (non-hydrogen) atoms. The van der Waals surface area contributed by atoms with Crippen molar-refractivity contribution >= 4 is 17.9 Å². The Hall–Kier alpha value is -2.43. The molecule has 0 radical (unpaired) electrons. The summed E-state index contributed by atoms with van der Waals surface area (Å²) in [6.07, 6.45) is 42.9. The van der Waals surface area contributed by atoms with E-state index in [0.717, 1.165) is 38.5 Å². The number of amides is 3. The zero-order chi connectivity index (χ0) is 43.8. The molecule has 3 amide bonds. The Balaban J connectivity index is 4.32. The molecule has 0 saturated carbocycles. The number of alkyl carbamates (subject to hydrolysis) is 1. The van der Waals surface area contributed by atoms with E-state index in [1.165, 1.54) is 128 Å². The van der Waals surface area contributed by atoms with Gasteiger partial charge in [0, 0.05) is 65.6 Å². The predicted molar refractivity (Wildman–Crippen MR) is 253 cm³/mol. The van der Waals surface area contributed by atoms with E-state index in [4.69, 9.17) is 14.2 Å². The third-order valence-electron chi connectivity index (χ3n) is 11.0. The maximum Gasteiger partial charge on any atom is 0.407 e. The Morgan fingerprint density at radius 3 is 1.30 bits per heavy atom. The molecule has 0 aromatic rings. The lowest BCUT2D eigenvalue weighted by molar-refractivity contribution is -0.121. The number of carbonyl (C=O) groups excluding carboxylic acids is 3.